The number of aryl methyl sites for hydroxylation is 1. The Labute approximate surface area is 152 Å². The van der Waals surface area contributed by atoms with Gasteiger partial charge in [0.1, 0.15) is 16.5 Å². The normalized spacial score (nSPS) is 10.3. The monoisotopic (exact) mass is 383 g/mol. The maximum atomic E-state index is 13.0. The number of nitrogens with zero attached hydrogens (tertiary/aromatic N) is 2. The summed E-state index contributed by atoms with van der Waals surface area (Å²) >= 11 is 6.17. The number of nitrogens with one attached hydrogen (secondary N) is 1. The molecule has 2 rings (SSSR count). The molecule has 2 aromatic rings. The fraction of sp³-hybridized carbons (Fsp3) is 0.250. The smallest absolute Gasteiger partial charge is 0.413 e. The van der Waals surface area contributed by atoms with Crippen molar-refractivity contribution in [2.24, 2.45) is 0 Å². The van der Waals surface area contributed by atoms with Crippen molar-refractivity contribution in [1.82, 2.24) is 15.1 Å². The quantitative estimate of drug-likeness (QED) is 0.796. The zero-order valence-electron chi connectivity index (χ0n) is 13.9. The second-order valence-electron chi connectivity index (χ2n) is 4.98. The minimum atomic E-state index is -0.938. The Bertz CT molecular complexity index is 835. The highest BCUT2D eigenvalue weighted by atomic mass is 35.5. The first-order valence-electron chi connectivity index (χ1n) is 7.48. The molecule has 0 bridgehead atoms. The summed E-state index contributed by atoms with van der Waals surface area (Å²) in [6, 6.07) is 5.33. The van der Waals surface area contributed by atoms with E-state index < -0.39 is 30.4 Å². The summed E-state index contributed by atoms with van der Waals surface area (Å²) in [4.78, 5) is 34.8. The summed E-state index contributed by atoms with van der Waals surface area (Å²) in [7, 11) is 0. The van der Waals surface area contributed by atoms with E-state index >= 15 is 0 Å². The lowest BCUT2D eigenvalue weighted by atomic mass is 10.2. The van der Waals surface area contributed by atoms with Crippen molar-refractivity contribution in [2.75, 3.05) is 13.2 Å². The van der Waals surface area contributed by atoms with Gasteiger partial charge in [-0.15, -0.1) is 0 Å². The predicted molar refractivity (Wildman–Crippen MR) is 88.7 cm³/mol. The van der Waals surface area contributed by atoms with Crippen molar-refractivity contribution in [3.8, 4) is 5.69 Å². The number of hydrogen-bond acceptors (Lipinski definition) is 6. The van der Waals surface area contributed by atoms with Crippen molar-refractivity contribution in [3.63, 3.8) is 0 Å². The van der Waals surface area contributed by atoms with Gasteiger partial charge in [-0.3, -0.25) is 10.1 Å². The van der Waals surface area contributed by atoms with Crippen LogP contribution in [0.4, 0.5) is 9.18 Å². The van der Waals surface area contributed by atoms with Crippen LogP contribution in [-0.4, -0.2) is 41.0 Å². The molecule has 0 spiro atoms. The second-order valence-corrected chi connectivity index (χ2v) is 5.34. The molecule has 0 aliphatic rings. The molecule has 26 heavy (non-hydrogen) atoms. The number of carbonyl (C=O) groups excluding carboxylic acids is 3. The van der Waals surface area contributed by atoms with Crippen molar-refractivity contribution in [2.45, 2.75) is 13.8 Å². The van der Waals surface area contributed by atoms with Crippen LogP contribution >= 0.6 is 11.6 Å². The van der Waals surface area contributed by atoms with E-state index in [1.807, 2.05) is 5.32 Å². The third-order valence-corrected chi connectivity index (χ3v) is 3.48. The maximum Gasteiger partial charge on any atom is 0.413 e. The highest BCUT2D eigenvalue weighted by Gasteiger charge is 2.23. The van der Waals surface area contributed by atoms with E-state index in [4.69, 9.17) is 16.3 Å². The van der Waals surface area contributed by atoms with Gasteiger partial charge in [0.25, 0.3) is 5.91 Å². The molecule has 1 N–H and O–H groups in total. The molecule has 0 aliphatic heterocycles. The van der Waals surface area contributed by atoms with Crippen LogP contribution in [0.5, 0.6) is 0 Å². The molecule has 0 saturated heterocycles. The van der Waals surface area contributed by atoms with Crippen molar-refractivity contribution >= 4 is 29.6 Å². The van der Waals surface area contributed by atoms with E-state index in [1.54, 1.807) is 6.92 Å². The molecule has 1 aromatic heterocycles. The zero-order valence-corrected chi connectivity index (χ0v) is 14.7. The lowest BCUT2D eigenvalue weighted by Crippen LogP contribution is -2.34. The highest BCUT2D eigenvalue weighted by Crippen LogP contribution is 2.24. The van der Waals surface area contributed by atoms with Crippen LogP contribution in [0.25, 0.3) is 5.69 Å². The molecule has 1 aromatic carbocycles. The van der Waals surface area contributed by atoms with Crippen LogP contribution in [-0.2, 0) is 14.3 Å². The number of carbonyl (C=O) groups is 3. The Morgan fingerprint density at radius 2 is 1.88 bits per heavy atom. The number of amides is 2. The summed E-state index contributed by atoms with van der Waals surface area (Å²) in [6.07, 6.45) is -0.938. The fourth-order valence-corrected chi connectivity index (χ4v) is 2.35. The van der Waals surface area contributed by atoms with Gasteiger partial charge in [0.05, 0.1) is 18.0 Å². The van der Waals surface area contributed by atoms with E-state index in [0.717, 1.165) is 0 Å². The molecule has 138 valence electrons. The van der Waals surface area contributed by atoms with Gasteiger partial charge in [0.2, 0.25) is 0 Å². The third-order valence-electron chi connectivity index (χ3n) is 3.13. The number of benzene rings is 1. The number of ether oxygens (including phenoxy) is 2. The summed E-state index contributed by atoms with van der Waals surface area (Å²) in [6.45, 7) is 2.50. The number of esters is 1. The maximum absolute atomic E-state index is 13.0. The Hall–Kier alpha value is -2.94. The number of aromatic nitrogens is 2. The average Bonchev–Trinajstić information content (AvgIpc) is 2.88. The number of halogens is 2. The predicted octanol–water partition coefficient (Wildman–Crippen LogP) is 2.40. The molecule has 0 unspecified atom stereocenters. The molecule has 0 aliphatic carbocycles. The Balaban J connectivity index is 2.09. The topological polar surface area (TPSA) is 99.5 Å². The first-order chi connectivity index (χ1) is 12.3. The number of imide groups is 1. The summed E-state index contributed by atoms with van der Waals surface area (Å²) < 4.78 is 23.6. The van der Waals surface area contributed by atoms with Crippen molar-refractivity contribution in [1.29, 1.82) is 0 Å². The van der Waals surface area contributed by atoms with Crippen LogP contribution in [0, 0.1) is 12.7 Å². The van der Waals surface area contributed by atoms with E-state index in [2.05, 4.69) is 9.84 Å². The van der Waals surface area contributed by atoms with Gasteiger partial charge in [0.15, 0.2) is 6.61 Å². The van der Waals surface area contributed by atoms with Crippen LogP contribution in [0.2, 0.25) is 5.15 Å². The zero-order chi connectivity index (χ0) is 19.3. The first kappa shape index (κ1) is 19.4. The Kier molecular flexibility index (Phi) is 6.29. The molecule has 1 heterocycles. The van der Waals surface area contributed by atoms with Gasteiger partial charge in [-0.1, -0.05) is 11.6 Å². The minimum absolute atomic E-state index is 0.0417. The summed E-state index contributed by atoms with van der Waals surface area (Å²) in [5.74, 6) is -2.17. The van der Waals surface area contributed by atoms with Crippen LogP contribution in [0.1, 0.15) is 23.0 Å². The highest BCUT2D eigenvalue weighted by molar-refractivity contribution is 6.33. The molecule has 0 fully saturated rings. The summed E-state index contributed by atoms with van der Waals surface area (Å²) in [5, 5.41) is 5.95. The number of hydrogen-bond donors (Lipinski definition) is 1. The van der Waals surface area contributed by atoms with Gasteiger partial charge in [-0.25, -0.2) is 18.7 Å². The fourth-order valence-electron chi connectivity index (χ4n) is 2.00. The van der Waals surface area contributed by atoms with Crippen LogP contribution < -0.4 is 5.32 Å². The minimum Gasteiger partial charge on any atom is -0.452 e. The molecule has 2 amide bonds. The molecular formula is C16H15ClFN3O5. The van der Waals surface area contributed by atoms with Gasteiger partial charge < -0.3 is 9.47 Å². The lowest BCUT2D eigenvalue weighted by molar-refractivity contribution is -0.123. The third kappa shape index (κ3) is 4.57. The molecule has 0 atom stereocenters. The van der Waals surface area contributed by atoms with Gasteiger partial charge >= 0.3 is 12.1 Å². The van der Waals surface area contributed by atoms with E-state index in [-0.39, 0.29) is 23.0 Å². The molecular weight excluding hydrogens is 369 g/mol. The number of alkyl carbamates (subject to hydrolysis) is 1. The van der Waals surface area contributed by atoms with Gasteiger partial charge in [-0.2, -0.15) is 5.10 Å². The molecule has 8 nitrogen and oxygen atoms in total. The molecule has 10 heteroatoms. The number of rotatable bonds is 5. The van der Waals surface area contributed by atoms with Crippen LogP contribution in [0.3, 0.4) is 0 Å². The average molecular weight is 384 g/mol. The molecule has 0 radical (unpaired) electrons. The standard InChI is InChI=1S/C16H15ClFN3O5/c1-3-25-16(24)19-12(22)8-26-15(23)13-9(2)20-21(14(13)17)11-6-4-10(18)5-7-11/h4-7H,3,8H2,1-2H3,(H,19,22,24). The SMILES string of the molecule is CCOC(=O)NC(=O)COC(=O)c1c(C)nn(-c2ccc(F)cc2)c1Cl. The largest absolute Gasteiger partial charge is 0.452 e. The van der Waals surface area contributed by atoms with E-state index in [9.17, 15) is 18.8 Å². The van der Waals surface area contributed by atoms with Crippen LogP contribution in [0.15, 0.2) is 24.3 Å². The van der Waals surface area contributed by atoms with Gasteiger partial charge in [0, 0.05) is 0 Å². The summed E-state index contributed by atoms with van der Waals surface area (Å²) in [5.41, 5.74) is 0.661. The Morgan fingerprint density at radius 1 is 1.23 bits per heavy atom. The van der Waals surface area contributed by atoms with E-state index in [1.165, 1.54) is 35.9 Å². The van der Waals surface area contributed by atoms with Crippen molar-refractivity contribution in [3.05, 3.63) is 46.5 Å². The first-order valence-corrected chi connectivity index (χ1v) is 7.86. The van der Waals surface area contributed by atoms with E-state index in [0.29, 0.717) is 5.69 Å². The van der Waals surface area contributed by atoms with Crippen molar-refractivity contribution < 1.29 is 28.2 Å². The van der Waals surface area contributed by atoms with Gasteiger partial charge in [-0.05, 0) is 38.1 Å². The Morgan fingerprint density at radius 3 is 2.50 bits per heavy atom. The second kappa shape index (κ2) is 8.43. The molecule has 0 saturated carbocycles. The lowest BCUT2D eigenvalue weighted by Gasteiger charge is -2.06.